The van der Waals surface area contributed by atoms with Gasteiger partial charge in [-0.3, -0.25) is 4.90 Å². The number of urea groups is 1. The number of piperazine rings is 1. The Balaban J connectivity index is 1.75. The zero-order valence-corrected chi connectivity index (χ0v) is 13.0. The third-order valence-corrected chi connectivity index (χ3v) is 4.18. The largest absolute Gasteiger partial charge is 0.480 e. The molecule has 1 heterocycles. The molecule has 0 aromatic rings. The van der Waals surface area contributed by atoms with Crippen LogP contribution in [0.25, 0.3) is 0 Å². The van der Waals surface area contributed by atoms with Crippen molar-refractivity contribution < 1.29 is 14.7 Å². The highest BCUT2D eigenvalue weighted by atomic mass is 16.4. The number of nitrogens with one attached hydrogen (secondary N) is 1. The first-order chi connectivity index (χ1) is 9.95. The molecule has 2 amide bonds. The Morgan fingerprint density at radius 3 is 2.29 bits per heavy atom. The van der Waals surface area contributed by atoms with Crippen molar-refractivity contribution in [3.05, 3.63) is 0 Å². The zero-order valence-electron chi connectivity index (χ0n) is 13.0. The van der Waals surface area contributed by atoms with Crippen LogP contribution in [0.2, 0.25) is 0 Å². The molecular weight excluding hydrogens is 270 g/mol. The maximum atomic E-state index is 12.2. The summed E-state index contributed by atoms with van der Waals surface area (Å²) in [4.78, 5) is 27.5. The number of carbonyl (C=O) groups excluding carboxylic acids is 1. The third-order valence-electron chi connectivity index (χ3n) is 4.18. The number of aliphatic carboxylic acids is 1. The highest BCUT2D eigenvalue weighted by Crippen LogP contribution is 2.29. The van der Waals surface area contributed by atoms with Crippen LogP contribution in [-0.2, 0) is 4.79 Å². The molecule has 0 unspecified atom stereocenters. The molecule has 2 fully saturated rings. The lowest BCUT2D eigenvalue weighted by Gasteiger charge is -2.35. The second kappa shape index (κ2) is 7.11. The van der Waals surface area contributed by atoms with Crippen molar-refractivity contribution in [3.63, 3.8) is 0 Å². The second-order valence-corrected chi connectivity index (χ2v) is 6.70. The van der Waals surface area contributed by atoms with Crippen molar-refractivity contribution in [2.24, 2.45) is 11.8 Å². The van der Waals surface area contributed by atoms with Gasteiger partial charge in [0, 0.05) is 32.7 Å². The Bertz CT molecular complexity index is 374. The molecule has 2 N–H and O–H groups in total. The number of amides is 2. The molecule has 0 aromatic carbocycles. The van der Waals surface area contributed by atoms with Gasteiger partial charge in [0.1, 0.15) is 6.04 Å². The predicted molar refractivity (Wildman–Crippen MR) is 80.1 cm³/mol. The molecule has 21 heavy (non-hydrogen) atoms. The van der Waals surface area contributed by atoms with Gasteiger partial charge < -0.3 is 15.3 Å². The molecule has 6 heteroatoms. The van der Waals surface area contributed by atoms with Crippen molar-refractivity contribution >= 4 is 12.0 Å². The van der Waals surface area contributed by atoms with Crippen LogP contribution in [0.5, 0.6) is 0 Å². The first-order valence-electron chi connectivity index (χ1n) is 7.96. The Hall–Kier alpha value is -1.30. The highest BCUT2D eigenvalue weighted by Gasteiger charge is 2.29. The molecule has 0 spiro atoms. The van der Waals surface area contributed by atoms with E-state index < -0.39 is 12.0 Å². The van der Waals surface area contributed by atoms with Crippen molar-refractivity contribution in [2.45, 2.75) is 39.2 Å². The van der Waals surface area contributed by atoms with E-state index in [9.17, 15) is 14.7 Å². The standard InChI is InChI=1S/C15H27N3O3/c1-11(2)9-13(14(19)20)16-15(21)18-7-5-17(6-8-18)10-12-3-4-12/h11-13H,3-10H2,1-2H3,(H,16,21)(H,19,20)/t13-/m1/s1. The average molecular weight is 297 g/mol. The lowest BCUT2D eigenvalue weighted by atomic mass is 10.0. The van der Waals surface area contributed by atoms with E-state index in [1.54, 1.807) is 4.90 Å². The van der Waals surface area contributed by atoms with Crippen LogP contribution in [0.3, 0.4) is 0 Å². The van der Waals surface area contributed by atoms with E-state index in [1.165, 1.54) is 12.8 Å². The van der Waals surface area contributed by atoms with Gasteiger partial charge in [-0.25, -0.2) is 9.59 Å². The van der Waals surface area contributed by atoms with E-state index >= 15 is 0 Å². The minimum absolute atomic E-state index is 0.238. The number of carboxylic acids is 1. The molecule has 2 aliphatic rings. The molecule has 2 rings (SSSR count). The quantitative estimate of drug-likeness (QED) is 0.773. The van der Waals surface area contributed by atoms with E-state index in [-0.39, 0.29) is 11.9 Å². The van der Waals surface area contributed by atoms with E-state index in [0.717, 1.165) is 25.6 Å². The lowest BCUT2D eigenvalue weighted by Crippen LogP contribution is -2.55. The van der Waals surface area contributed by atoms with E-state index in [1.807, 2.05) is 13.8 Å². The van der Waals surface area contributed by atoms with Crippen LogP contribution in [0.15, 0.2) is 0 Å². The summed E-state index contributed by atoms with van der Waals surface area (Å²) in [7, 11) is 0. The molecule has 1 aliphatic carbocycles. The summed E-state index contributed by atoms with van der Waals surface area (Å²) < 4.78 is 0. The molecule has 1 atom stereocenters. The fraction of sp³-hybridized carbons (Fsp3) is 0.867. The summed E-state index contributed by atoms with van der Waals surface area (Å²) in [5, 5.41) is 11.8. The molecule has 0 bridgehead atoms. The van der Waals surface area contributed by atoms with Crippen LogP contribution in [-0.4, -0.2) is 65.7 Å². The molecule has 1 saturated carbocycles. The van der Waals surface area contributed by atoms with Gasteiger partial charge >= 0.3 is 12.0 Å². The number of carboxylic acid groups (broad SMARTS) is 1. The number of hydrogen-bond acceptors (Lipinski definition) is 3. The van der Waals surface area contributed by atoms with Crippen LogP contribution >= 0.6 is 0 Å². The normalized spacial score (nSPS) is 21.4. The molecule has 6 nitrogen and oxygen atoms in total. The first-order valence-corrected chi connectivity index (χ1v) is 7.96. The minimum atomic E-state index is -0.954. The fourth-order valence-electron chi connectivity index (χ4n) is 2.73. The number of carbonyl (C=O) groups is 2. The topological polar surface area (TPSA) is 72.9 Å². The second-order valence-electron chi connectivity index (χ2n) is 6.70. The van der Waals surface area contributed by atoms with Crippen molar-refractivity contribution in [1.82, 2.24) is 15.1 Å². The van der Waals surface area contributed by atoms with Gasteiger partial charge in [-0.15, -0.1) is 0 Å². The Labute approximate surface area is 126 Å². The summed E-state index contributed by atoms with van der Waals surface area (Å²) in [5.74, 6) is 0.152. The van der Waals surface area contributed by atoms with Gasteiger partial charge in [0.05, 0.1) is 0 Å². The average Bonchev–Trinajstić information content (AvgIpc) is 3.22. The molecule has 0 radical (unpaired) electrons. The molecular formula is C15H27N3O3. The SMILES string of the molecule is CC(C)C[C@@H](NC(=O)N1CCN(CC2CC2)CC1)C(=O)O. The summed E-state index contributed by atoms with van der Waals surface area (Å²) in [6, 6.07) is -1.03. The molecule has 1 aliphatic heterocycles. The summed E-state index contributed by atoms with van der Waals surface area (Å²) >= 11 is 0. The van der Waals surface area contributed by atoms with Crippen LogP contribution in [0.1, 0.15) is 33.1 Å². The molecule has 1 saturated heterocycles. The number of nitrogens with zero attached hydrogens (tertiary/aromatic N) is 2. The van der Waals surface area contributed by atoms with Crippen molar-refractivity contribution in [3.8, 4) is 0 Å². The fourth-order valence-corrected chi connectivity index (χ4v) is 2.73. The summed E-state index contributed by atoms with van der Waals surface area (Å²) in [6.45, 7) is 8.23. The smallest absolute Gasteiger partial charge is 0.326 e. The van der Waals surface area contributed by atoms with Gasteiger partial charge in [-0.05, 0) is 31.1 Å². The van der Waals surface area contributed by atoms with E-state index in [2.05, 4.69) is 10.2 Å². The Morgan fingerprint density at radius 1 is 1.19 bits per heavy atom. The number of rotatable bonds is 6. The zero-order chi connectivity index (χ0) is 15.4. The summed E-state index contributed by atoms with van der Waals surface area (Å²) in [6.07, 6.45) is 3.15. The predicted octanol–water partition coefficient (Wildman–Crippen LogP) is 1.22. The van der Waals surface area contributed by atoms with Crippen LogP contribution in [0, 0.1) is 11.8 Å². The van der Waals surface area contributed by atoms with Crippen LogP contribution in [0.4, 0.5) is 4.79 Å². The maximum absolute atomic E-state index is 12.2. The van der Waals surface area contributed by atoms with Gasteiger partial charge in [0.2, 0.25) is 0 Å². The highest BCUT2D eigenvalue weighted by molar-refractivity contribution is 5.82. The number of hydrogen-bond donors (Lipinski definition) is 2. The third kappa shape index (κ3) is 5.19. The summed E-state index contributed by atoms with van der Waals surface area (Å²) in [5.41, 5.74) is 0. The van der Waals surface area contributed by atoms with E-state index in [4.69, 9.17) is 0 Å². The maximum Gasteiger partial charge on any atom is 0.326 e. The molecule has 120 valence electrons. The van der Waals surface area contributed by atoms with Gasteiger partial charge in [0.25, 0.3) is 0 Å². The Kier molecular flexibility index (Phi) is 5.45. The van der Waals surface area contributed by atoms with E-state index in [0.29, 0.717) is 19.5 Å². The lowest BCUT2D eigenvalue weighted by molar-refractivity contribution is -0.139. The van der Waals surface area contributed by atoms with Crippen molar-refractivity contribution in [1.29, 1.82) is 0 Å². The van der Waals surface area contributed by atoms with Crippen molar-refractivity contribution in [2.75, 3.05) is 32.7 Å². The molecule has 0 aromatic heterocycles. The Morgan fingerprint density at radius 2 is 1.81 bits per heavy atom. The van der Waals surface area contributed by atoms with Gasteiger partial charge in [-0.1, -0.05) is 13.8 Å². The minimum Gasteiger partial charge on any atom is -0.480 e. The first kappa shape index (κ1) is 16.1. The monoisotopic (exact) mass is 297 g/mol. The van der Waals surface area contributed by atoms with Crippen LogP contribution < -0.4 is 5.32 Å². The van der Waals surface area contributed by atoms with Gasteiger partial charge in [0.15, 0.2) is 0 Å². The van der Waals surface area contributed by atoms with Gasteiger partial charge in [-0.2, -0.15) is 0 Å².